The predicted molar refractivity (Wildman–Crippen MR) is 122 cm³/mol. The summed E-state index contributed by atoms with van der Waals surface area (Å²) in [4.78, 5) is 27.3. The van der Waals surface area contributed by atoms with E-state index in [-0.39, 0.29) is 11.8 Å². The van der Waals surface area contributed by atoms with Crippen molar-refractivity contribution in [1.82, 2.24) is 10.2 Å². The first-order valence-corrected chi connectivity index (χ1v) is 10.9. The molecule has 168 valence electrons. The number of rotatable bonds is 13. The molecular weight excluding hydrogens is 392 g/mol. The number of para-hydroxylation sites is 1. The van der Waals surface area contributed by atoms with Crippen LogP contribution in [0.4, 0.5) is 0 Å². The van der Waals surface area contributed by atoms with E-state index >= 15 is 0 Å². The summed E-state index contributed by atoms with van der Waals surface area (Å²) in [5.74, 6) is 1.35. The van der Waals surface area contributed by atoms with Crippen molar-refractivity contribution in [3.8, 4) is 11.5 Å². The molecule has 1 N–H and O–H groups in total. The number of nitrogens with one attached hydrogen (secondary N) is 1. The molecule has 0 unspecified atom stereocenters. The maximum absolute atomic E-state index is 13.0. The molecule has 0 radical (unpaired) electrons. The number of nitrogens with zero attached hydrogens (tertiary/aromatic N) is 1. The lowest BCUT2D eigenvalue weighted by atomic mass is 10.1. The molecule has 0 saturated heterocycles. The molecule has 0 spiro atoms. The Kier molecular flexibility index (Phi) is 10.4. The normalized spacial score (nSPS) is 11.5. The van der Waals surface area contributed by atoms with E-state index in [9.17, 15) is 9.59 Å². The second kappa shape index (κ2) is 13.3. The molecule has 31 heavy (non-hydrogen) atoms. The molecule has 2 rings (SSSR count). The summed E-state index contributed by atoms with van der Waals surface area (Å²) < 4.78 is 10.9. The molecule has 6 heteroatoms. The van der Waals surface area contributed by atoms with Gasteiger partial charge in [0.1, 0.15) is 17.5 Å². The van der Waals surface area contributed by atoms with Crippen LogP contribution in [0.25, 0.3) is 0 Å². The third-order valence-electron chi connectivity index (χ3n) is 5.06. The van der Waals surface area contributed by atoms with Gasteiger partial charge in [0.2, 0.25) is 11.8 Å². The van der Waals surface area contributed by atoms with E-state index in [1.807, 2.05) is 54.6 Å². The number of carbonyl (C=O) groups is 2. The highest BCUT2D eigenvalue weighted by Gasteiger charge is 2.25. The van der Waals surface area contributed by atoms with E-state index in [1.54, 1.807) is 18.9 Å². The summed E-state index contributed by atoms with van der Waals surface area (Å²) in [6.07, 6.45) is 2.82. The Balaban J connectivity index is 1.98. The van der Waals surface area contributed by atoms with Gasteiger partial charge < -0.3 is 19.7 Å². The number of amides is 2. The third kappa shape index (κ3) is 8.32. The van der Waals surface area contributed by atoms with Crippen molar-refractivity contribution in [3.63, 3.8) is 0 Å². The fraction of sp³-hybridized carbons (Fsp3) is 0.440. The number of benzene rings is 2. The molecule has 6 nitrogen and oxygen atoms in total. The van der Waals surface area contributed by atoms with Gasteiger partial charge in [0, 0.05) is 19.5 Å². The average Bonchev–Trinajstić information content (AvgIpc) is 2.81. The highest BCUT2D eigenvalue weighted by Crippen LogP contribution is 2.16. The largest absolute Gasteiger partial charge is 0.497 e. The zero-order valence-corrected chi connectivity index (χ0v) is 18.8. The van der Waals surface area contributed by atoms with Gasteiger partial charge in [0.15, 0.2) is 0 Å². The van der Waals surface area contributed by atoms with E-state index < -0.39 is 6.04 Å². The van der Waals surface area contributed by atoms with Crippen LogP contribution in [0.1, 0.15) is 45.1 Å². The zero-order chi connectivity index (χ0) is 22.5. The van der Waals surface area contributed by atoms with Gasteiger partial charge in [0.05, 0.1) is 13.7 Å². The molecule has 0 aliphatic heterocycles. The van der Waals surface area contributed by atoms with E-state index in [4.69, 9.17) is 9.47 Å². The van der Waals surface area contributed by atoms with Crippen LogP contribution in [-0.4, -0.2) is 43.0 Å². The average molecular weight is 427 g/mol. The maximum atomic E-state index is 13.0. The molecule has 0 aromatic heterocycles. The highest BCUT2D eigenvalue weighted by molar-refractivity contribution is 5.87. The van der Waals surface area contributed by atoms with Crippen LogP contribution in [-0.2, 0) is 16.1 Å². The molecule has 2 aromatic carbocycles. The number of methoxy groups -OCH3 is 1. The monoisotopic (exact) mass is 426 g/mol. The minimum Gasteiger partial charge on any atom is -0.497 e. The fourth-order valence-electron chi connectivity index (χ4n) is 3.12. The van der Waals surface area contributed by atoms with E-state index in [2.05, 4.69) is 12.2 Å². The predicted octanol–water partition coefficient (Wildman–Crippen LogP) is 4.19. The first-order chi connectivity index (χ1) is 15.0. The minimum atomic E-state index is -0.554. The summed E-state index contributed by atoms with van der Waals surface area (Å²) in [6.45, 7) is 5.29. The van der Waals surface area contributed by atoms with Crippen molar-refractivity contribution < 1.29 is 19.1 Å². The van der Waals surface area contributed by atoms with Crippen LogP contribution >= 0.6 is 0 Å². The van der Waals surface area contributed by atoms with Crippen molar-refractivity contribution in [3.05, 3.63) is 60.2 Å². The quantitative estimate of drug-likeness (QED) is 0.488. The fourth-order valence-corrected chi connectivity index (χ4v) is 3.12. The second-order valence-electron chi connectivity index (χ2n) is 7.46. The second-order valence-corrected chi connectivity index (χ2v) is 7.46. The van der Waals surface area contributed by atoms with Gasteiger partial charge >= 0.3 is 0 Å². The molecule has 0 aliphatic rings. The van der Waals surface area contributed by atoms with Gasteiger partial charge in [-0.3, -0.25) is 9.59 Å². The lowest BCUT2D eigenvalue weighted by molar-refractivity contribution is -0.140. The lowest BCUT2D eigenvalue weighted by Gasteiger charge is -2.29. The first kappa shape index (κ1) is 24.3. The molecular formula is C25H34N2O4. The van der Waals surface area contributed by atoms with Gasteiger partial charge in [-0.25, -0.2) is 0 Å². The van der Waals surface area contributed by atoms with Crippen molar-refractivity contribution in [2.75, 3.05) is 20.3 Å². The summed E-state index contributed by atoms with van der Waals surface area (Å²) in [7, 11) is 1.62. The minimum absolute atomic E-state index is 0.0642. The van der Waals surface area contributed by atoms with Crippen LogP contribution in [0, 0.1) is 0 Å². The molecule has 2 amide bonds. The smallest absolute Gasteiger partial charge is 0.242 e. The van der Waals surface area contributed by atoms with Crippen LogP contribution in [0.15, 0.2) is 54.6 Å². The topological polar surface area (TPSA) is 67.9 Å². The Morgan fingerprint density at radius 2 is 1.71 bits per heavy atom. The lowest BCUT2D eigenvalue weighted by Crippen LogP contribution is -2.47. The van der Waals surface area contributed by atoms with Gasteiger partial charge in [0.25, 0.3) is 0 Å². The summed E-state index contributed by atoms with van der Waals surface area (Å²) in [5, 5.41) is 2.93. The Hall–Kier alpha value is -3.02. The Morgan fingerprint density at radius 1 is 1.00 bits per heavy atom. The third-order valence-corrected chi connectivity index (χ3v) is 5.06. The molecule has 0 aliphatic carbocycles. The zero-order valence-electron chi connectivity index (χ0n) is 18.8. The van der Waals surface area contributed by atoms with Crippen molar-refractivity contribution in [1.29, 1.82) is 0 Å². The van der Waals surface area contributed by atoms with Crippen LogP contribution in [0.5, 0.6) is 11.5 Å². The van der Waals surface area contributed by atoms with Gasteiger partial charge in [-0.2, -0.15) is 0 Å². The van der Waals surface area contributed by atoms with E-state index in [1.165, 1.54) is 0 Å². The van der Waals surface area contributed by atoms with Gasteiger partial charge in [-0.15, -0.1) is 0 Å². The number of hydrogen-bond acceptors (Lipinski definition) is 4. The van der Waals surface area contributed by atoms with Crippen LogP contribution in [0.3, 0.4) is 0 Å². The Labute approximate surface area is 185 Å². The SMILES string of the molecule is CCCCNC(=O)[C@@H](C)N(Cc1ccc(OC)cc1)C(=O)CCCOc1ccccc1. The summed E-state index contributed by atoms with van der Waals surface area (Å²) in [6, 6.07) is 16.5. The molecule has 2 aromatic rings. The molecule has 0 fully saturated rings. The number of carbonyl (C=O) groups excluding carboxylic acids is 2. The molecule has 0 bridgehead atoms. The number of ether oxygens (including phenoxy) is 2. The first-order valence-electron chi connectivity index (χ1n) is 10.9. The number of hydrogen-bond donors (Lipinski definition) is 1. The highest BCUT2D eigenvalue weighted by atomic mass is 16.5. The van der Waals surface area contributed by atoms with Crippen molar-refractivity contribution in [2.45, 2.75) is 52.1 Å². The summed E-state index contributed by atoms with van der Waals surface area (Å²) in [5.41, 5.74) is 0.947. The van der Waals surface area contributed by atoms with Crippen molar-refractivity contribution in [2.24, 2.45) is 0 Å². The van der Waals surface area contributed by atoms with E-state index in [0.717, 1.165) is 29.9 Å². The standard InChI is InChI=1S/C25H34N2O4/c1-4-5-17-26-25(29)20(2)27(19-21-13-15-22(30-3)16-14-21)24(28)12-9-18-31-23-10-7-6-8-11-23/h6-8,10-11,13-16,20H,4-5,9,12,17-19H2,1-3H3,(H,26,29)/t20-/m1/s1. The van der Waals surface area contributed by atoms with Gasteiger partial charge in [-0.05, 0) is 49.6 Å². The Bertz CT molecular complexity index is 793. The van der Waals surface area contributed by atoms with E-state index in [0.29, 0.717) is 32.5 Å². The summed E-state index contributed by atoms with van der Waals surface area (Å²) >= 11 is 0. The number of unbranched alkanes of at least 4 members (excludes halogenated alkanes) is 1. The molecule has 0 saturated carbocycles. The molecule has 0 heterocycles. The van der Waals surface area contributed by atoms with Crippen LogP contribution in [0.2, 0.25) is 0 Å². The molecule has 1 atom stereocenters. The Morgan fingerprint density at radius 3 is 2.35 bits per heavy atom. The van der Waals surface area contributed by atoms with Gasteiger partial charge in [-0.1, -0.05) is 43.7 Å². The van der Waals surface area contributed by atoms with Crippen LogP contribution < -0.4 is 14.8 Å². The van der Waals surface area contributed by atoms with Crippen molar-refractivity contribution >= 4 is 11.8 Å². The maximum Gasteiger partial charge on any atom is 0.242 e.